The maximum atomic E-state index is 13.2. The van der Waals surface area contributed by atoms with Gasteiger partial charge in [-0.15, -0.1) is 0 Å². The molecule has 0 spiro atoms. The zero-order valence-electron chi connectivity index (χ0n) is 16.7. The molecular formula is C21H29BO4S. The third-order valence-corrected chi connectivity index (χ3v) is 9.04. The summed E-state index contributed by atoms with van der Waals surface area (Å²) in [5, 5.41) is 0.412. The van der Waals surface area contributed by atoms with Gasteiger partial charge in [-0.25, -0.2) is 0 Å². The van der Waals surface area contributed by atoms with Gasteiger partial charge in [-0.2, -0.15) is 0 Å². The van der Waals surface area contributed by atoms with Crippen LogP contribution in [0, 0.1) is 5.92 Å². The zero-order valence-corrected chi connectivity index (χ0v) is 17.5. The van der Waals surface area contributed by atoms with Gasteiger partial charge in [-0.05, 0) is 58.8 Å². The summed E-state index contributed by atoms with van der Waals surface area (Å²) in [6.45, 7) is 8.12. The minimum absolute atomic E-state index is 0.00783. The monoisotopic (exact) mass is 388 g/mol. The van der Waals surface area contributed by atoms with Crippen molar-refractivity contribution < 1.29 is 18.3 Å². The van der Waals surface area contributed by atoms with Gasteiger partial charge in [0.25, 0.3) is 0 Å². The van der Waals surface area contributed by atoms with E-state index in [1.54, 1.807) is 0 Å². The molecule has 0 aromatic heterocycles. The molecule has 27 heavy (non-hydrogen) atoms. The molecule has 3 heterocycles. The highest BCUT2D eigenvalue weighted by atomic mass is 32.2. The fourth-order valence-electron chi connectivity index (χ4n) is 4.50. The van der Waals surface area contributed by atoms with Crippen LogP contribution < -0.4 is 5.46 Å². The fourth-order valence-corrected chi connectivity index (χ4v) is 6.69. The molecule has 2 bridgehead atoms. The summed E-state index contributed by atoms with van der Waals surface area (Å²) in [5.41, 5.74) is 0.808. The van der Waals surface area contributed by atoms with Crippen LogP contribution >= 0.6 is 0 Å². The summed E-state index contributed by atoms with van der Waals surface area (Å²) in [5.74, 6) is 0.175. The van der Waals surface area contributed by atoms with Gasteiger partial charge in [0.2, 0.25) is 0 Å². The van der Waals surface area contributed by atoms with Crippen LogP contribution in [0.3, 0.4) is 0 Å². The minimum Gasteiger partial charge on any atom is -0.399 e. The Morgan fingerprint density at radius 2 is 1.67 bits per heavy atom. The van der Waals surface area contributed by atoms with Crippen molar-refractivity contribution in [3.8, 4) is 0 Å². The molecule has 0 N–H and O–H groups in total. The Hall–Kier alpha value is -0.975. The van der Waals surface area contributed by atoms with Crippen molar-refractivity contribution in [3.63, 3.8) is 0 Å². The van der Waals surface area contributed by atoms with E-state index in [1.165, 1.54) is 0 Å². The Morgan fingerprint density at radius 1 is 1.07 bits per heavy atom. The average molecular weight is 388 g/mol. The summed E-state index contributed by atoms with van der Waals surface area (Å²) in [4.78, 5) is 13.2. The standard InChI is InChI=1S/C21H29BO4S/c1-20(2)21(3,4)26-22(25-20)16-8-5-7-14(11-16)19(23)15-12-17-9-6-10-18(13-15)27(17)24/h5,7-8,11,15,17-18H,6,9-10,12-13H2,1-4H3. The van der Waals surface area contributed by atoms with Crippen LogP contribution in [0.15, 0.2) is 24.3 Å². The van der Waals surface area contributed by atoms with E-state index in [9.17, 15) is 9.00 Å². The van der Waals surface area contributed by atoms with Crippen molar-refractivity contribution >= 4 is 29.2 Å². The molecule has 4 nitrogen and oxygen atoms in total. The number of Topliss-reactive ketones (excluding diaryl/α,β-unsaturated/α-hetero) is 1. The van der Waals surface area contributed by atoms with Gasteiger partial charge in [0, 0.05) is 32.8 Å². The van der Waals surface area contributed by atoms with Gasteiger partial charge < -0.3 is 9.31 Å². The highest BCUT2D eigenvalue weighted by molar-refractivity contribution is 7.86. The highest BCUT2D eigenvalue weighted by Crippen LogP contribution is 2.39. The van der Waals surface area contributed by atoms with Crippen LogP contribution in [0.25, 0.3) is 0 Å². The van der Waals surface area contributed by atoms with Crippen molar-refractivity contribution in [2.75, 3.05) is 0 Å². The lowest BCUT2D eigenvalue weighted by atomic mass is 9.77. The largest absolute Gasteiger partial charge is 0.494 e. The molecule has 4 rings (SSSR count). The van der Waals surface area contributed by atoms with E-state index in [0.717, 1.165) is 43.1 Å². The van der Waals surface area contributed by atoms with Gasteiger partial charge in [-0.3, -0.25) is 9.00 Å². The molecule has 3 aliphatic heterocycles. The number of fused-ring (bicyclic) bond motifs is 2. The first-order valence-corrected chi connectivity index (χ1v) is 11.3. The van der Waals surface area contributed by atoms with Crippen LogP contribution in [0.1, 0.15) is 70.2 Å². The predicted molar refractivity (Wildman–Crippen MR) is 109 cm³/mol. The summed E-state index contributed by atoms with van der Waals surface area (Å²) in [6, 6.07) is 7.68. The molecular weight excluding hydrogens is 359 g/mol. The predicted octanol–water partition coefficient (Wildman–Crippen LogP) is 3.25. The number of hydrogen-bond donors (Lipinski definition) is 0. The molecule has 1 aromatic rings. The lowest BCUT2D eigenvalue weighted by Gasteiger charge is -2.37. The first-order chi connectivity index (χ1) is 12.7. The van der Waals surface area contributed by atoms with E-state index in [0.29, 0.717) is 0 Å². The third kappa shape index (κ3) is 3.45. The SMILES string of the molecule is CC1(C)OB(c2cccc(C(=O)C3CC4CCCC(C3)S4=O)c2)OC1(C)C. The van der Waals surface area contributed by atoms with Gasteiger partial charge in [0.05, 0.1) is 11.2 Å². The number of carbonyl (C=O) groups is 1. The quantitative estimate of drug-likeness (QED) is 0.589. The summed E-state index contributed by atoms with van der Waals surface area (Å²) in [7, 11) is -1.20. The molecule has 1 aromatic carbocycles. The van der Waals surface area contributed by atoms with E-state index in [2.05, 4.69) is 0 Å². The maximum Gasteiger partial charge on any atom is 0.494 e. The molecule has 3 saturated heterocycles. The molecule has 3 aliphatic rings. The molecule has 0 aliphatic carbocycles. The van der Waals surface area contributed by atoms with Gasteiger partial charge in [0.15, 0.2) is 5.78 Å². The molecule has 146 valence electrons. The Morgan fingerprint density at radius 3 is 2.26 bits per heavy atom. The Kier molecular flexibility index (Phi) is 4.89. The van der Waals surface area contributed by atoms with E-state index in [-0.39, 0.29) is 22.2 Å². The van der Waals surface area contributed by atoms with Crippen molar-refractivity contribution in [2.24, 2.45) is 5.92 Å². The van der Waals surface area contributed by atoms with Gasteiger partial charge in [0.1, 0.15) is 0 Å². The fraction of sp³-hybridized carbons (Fsp3) is 0.667. The highest BCUT2D eigenvalue weighted by Gasteiger charge is 2.51. The number of ketones is 1. The van der Waals surface area contributed by atoms with Crippen molar-refractivity contribution in [3.05, 3.63) is 29.8 Å². The molecule has 2 atom stereocenters. The molecule has 0 amide bonds. The lowest BCUT2D eigenvalue weighted by Crippen LogP contribution is -2.41. The minimum atomic E-state index is -0.746. The van der Waals surface area contributed by atoms with E-state index in [1.807, 2.05) is 52.0 Å². The number of carbonyl (C=O) groups excluding carboxylic acids is 1. The van der Waals surface area contributed by atoms with Crippen LogP contribution in [-0.4, -0.2) is 38.8 Å². The van der Waals surface area contributed by atoms with E-state index in [4.69, 9.17) is 9.31 Å². The van der Waals surface area contributed by atoms with Crippen molar-refractivity contribution in [1.82, 2.24) is 0 Å². The second-order valence-corrected chi connectivity index (χ2v) is 11.2. The van der Waals surface area contributed by atoms with Gasteiger partial charge >= 0.3 is 7.12 Å². The van der Waals surface area contributed by atoms with Gasteiger partial charge in [-0.1, -0.05) is 30.7 Å². The topological polar surface area (TPSA) is 52.6 Å². The van der Waals surface area contributed by atoms with Crippen molar-refractivity contribution in [1.29, 1.82) is 0 Å². The molecule has 0 radical (unpaired) electrons. The number of rotatable bonds is 3. The van der Waals surface area contributed by atoms with E-state index >= 15 is 0 Å². The van der Waals surface area contributed by atoms with Crippen molar-refractivity contribution in [2.45, 2.75) is 81.5 Å². The van der Waals surface area contributed by atoms with Crippen LogP contribution in [0.5, 0.6) is 0 Å². The van der Waals surface area contributed by atoms with Crippen LogP contribution in [0.2, 0.25) is 0 Å². The summed E-state index contributed by atoms with van der Waals surface area (Å²) < 4.78 is 24.7. The normalized spacial score (nSPS) is 34.4. The maximum absolute atomic E-state index is 13.2. The summed E-state index contributed by atoms with van der Waals surface area (Å²) in [6.07, 6.45) is 4.69. The second kappa shape index (κ2) is 6.82. The lowest BCUT2D eigenvalue weighted by molar-refractivity contribution is 0.00578. The molecule has 6 heteroatoms. The first kappa shape index (κ1) is 19.3. The second-order valence-electron chi connectivity index (χ2n) is 9.25. The summed E-state index contributed by atoms with van der Waals surface area (Å²) >= 11 is 0. The molecule has 3 fully saturated rings. The Balaban J connectivity index is 1.53. The first-order valence-electron chi connectivity index (χ1n) is 10.1. The Bertz CT molecular complexity index is 743. The smallest absolute Gasteiger partial charge is 0.399 e. The van der Waals surface area contributed by atoms with Crippen LogP contribution in [-0.2, 0) is 20.1 Å². The zero-order chi connectivity index (χ0) is 19.4. The molecule has 2 unspecified atom stereocenters. The molecule has 0 saturated carbocycles. The number of hydrogen-bond acceptors (Lipinski definition) is 4. The number of benzene rings is 1. The Labute approximate surface area is 165 Å². The van der Waals surface area contributed by atoms with E-state index < -0.39 is 29.1 Å². The average Bonchev–Trinajstić information content (AvgIpc) is 2.82. The van der Waals surface area contributed by atoms with Crippen LogP contribution in [0.4, 0.5) is 0 Å². The third-order valence-electron chi connectivity index (χ3n) is 6.87.